The highest BCUT2D eigenvalue weighted by Crippen LogP contribution is 2.22. The molecule has 1 heterocycles. The van der Waals surface area contributed by atoms with Crippen molar-refractivity contribution in [2.24, 2.45) is 5.73 Å². The molecule has 0 aromatic heterocycles. The van der Waals surface area contributed by atoms with Gasteiger partial charge in [-0.1, -0.05) is 12.1 Å². The van der Waals surface area contributed by atoms with Gasteiger partial charge in [-0.2, -0.15) is 0 Å². The molecule has 3 N–H and O–H groups in total. The first kappa shape index (κ1) is 13.0. The van der Waals surface area contributed by atoms with E-state index in [1.807, 2.05) is 0 Å². The van der Waals surface area contributed by atoms with Crippen molar-refractivity contribution >= 4 is 15.8 Å². The summed E-state index contributed by atoms with van der Waals surface area (Å²) >= 11 is 0. The van der Waals surface area contributed by atoms with Gasteiger partial charge < -0.3 is 15.6 Å². The van der Waals surface area contributed by atoms with Crippen molar-refractivity contribution in [3.05, 3.63) is 29.8 Å². The van der Waals surface area contributed by atoms with Crippen LogP contribution in [0.25, 0.3) is 0 Å². The molecule has 2 rings (SSSR count). The molecule has 1 unspecified atom stereocenters. The third-order valence-electron chi connectivity index (χ3n) is 2.88. The van der Waals surface area contributed by atoms with Crippen LogP contribution in [0.5, 0.6) is 0 Å². The van der Waals surface area contributed by atoms with Gasteiger partial charge in [-0.25, -0.2) is 8.42 Å². The maximum Gasteiger partial charge on any atom is 0.325 e. The molecular formula is C11H13NO5S. The smallest absolute Gasteiger partial charge is 0.325 e. The highest BCUT2D eigenvalue weighted by Gasteiger charge is 2.33. The summed E-state index contributed by atoms with van der Waals surface area (Å²) in [6.07, 6.45) is 0. The molecule has 1 saturated heterocycles. The van der Waals surface area contributed by atoms with Crippen molar-refractivity contribution in [2.45, 2.75) is 16.2 Å². The van der Waals surface area contributed by atoms with Gasteiger partial charge in [0.2, 0.25) is 0 Å². The second kappa shape index (κ2) is 4.68. The summed E-state index contributed by atoms with van der Waals surface area (Å²) in [6, 6.07) is 4.46. The standard InChI is InChI=1S/C11H13NO5S/c12-10(11(13)14)7-1-3-8(4-2-7)18(15,16)9-5-17-6-9/h1-4,9-10H,5-6,12H2,(H,13,14). The number of carbonyl (C=O) groups is 1. The Morgan fingerprint density at radius 3 is 2.28 bits per heavy atom. The van der Waals surface area contributed by atoms with Gasteiger partial charge in [0, 0.05) is 0 Å². The van der Waals surface area contributed by atoms with Crippen molar-refractivity contribution in [1.82, 2.24) is 0 Å². The number of nitrogens with two attached hydrogens (primary N) is 1. The zero-order valence-electron chi connectivity index (χ0n) is 9.44. The molecule has 0 spiro atoms. The number of hydrogen-bond donors (Lipinski definition) is 2. The van der Waals surface area contributed by atoms with E-state index < -0.39 is 27.1 Å². The van der Waals surface area contributed by atoms with Crippen LogP contribution in [-0.4, -0.2) is 38.0 Å². The van der Waals surface area contributed by atoms with E-state index in [0.29, 0.717) is 5.56 Å². The second-order valence-electron chi connectivity index (χ2n) is 4.09. The summed E-state index contributed by atoms with van der Waals surface area (Å²) in [6.45, 7) is 0.414. The van der Waals surface area contributed by atoms with Crippen molar-refractivity contribution in [2.75, 3.05) is 13.2 Å². The Balaban J connectivity index is 2.25. The predicted molar refractivity (Wildman–Crippen MR) is 62.8 cm³/mol. The van der Waals surface area contributed by atoms with Crippen molar-refractivity contribution < 1.29 is 23.1 Å². The number of aliphatic carboxylic acids is 1. The molecule has 18 heavy (non-hydrogen) atoms. The van der Waals surface area contributed by atoms with Crippen LogP contribution in [-0.2, 0) is 19.4 Å². The third kappa shape index (κ3) is 2.24. The largest absolute Gasteiger partial charge is 0.480 e. The fourth-order valence-corrected chi connectivity index (χ4v) is 3.04. The van der Waals surface area contributed by atoms with Crippen LogP contribution in [0.3, 0.4) is 0 Å². The molecule has 0 radical (unpaired) electrons. The lowest BCUT2D eigenvalue weighted by atomic mass is 10.1. The van der Waals surface area contributed by atoms with Crippen LogP contribution >= 0.6 is 0 Å². The summed E-state index contributed by atoms with van der Waals surface area (Å²) in [5.74, 6) is -1.15. The van der Waals surface area contributed by atoms with Gasteiger partial charge in [-0.05, 0) is 17.7 Å². The summed E-state index contributed by atoms with van der Waals surface area (Å²) in [4.78, 5) is 10.8. The average molecular weight is 271 g/mol. The highest BCUT2D eigenvalue weighted by atomic mass is 32.2. The van der Waals surface area contributed by atoms with Crippen LogP contribution < -0.4 is 5.73 Å². The van der Waals surface area contributed by atoms with Crippen LogP contribution in [0.4, 0.5) is 0 Å². The first-order valence-electron chi connectivity index (χ1n) is 5.33. The van der Waals surface area contributed by atoms with Crippen molar-refractivity contribution in [3.8, 4) is 0 Å². The monoisotopic (exact) mass is 271 g/mol. The molecule has 1 fully saturated rings. The Morgan fingerprint density at radius 2 is 1.89 bits per heavy atom. The Kier molecular flexibility index (Phi) is 3.38. The fourth-order valence-electron chi connectivity index (χ4n) is 1.59. The van der Waals surface area contributed by atoms with E-state index in [1.54, 1.807) is 0 Å². The SMILES string of the molecule is NC(C(=O)O)c1ccc(S(=O)(=O)C2COC2)cc1. The number of rotatable bonds is 4. The molecule has 7 heteroatoms. The lowest BCUT2D eigenvalue weighted by molar-refractivity contribution is -0.138. The molecule has 1 aliphatic rings. The third-order valence-corrected chi connectivity index (χ3v) is 4.96. The predicted octanol–water partition coefficient (Wildman–Crippen LogP) is -0.0565. The number of carboxylic acid groups (broad SMARTS) is 1. The van der Waals surface area contributed by atoms with Gasteiger partial charge in [0.05, 0.1) is 18.1 Å². The number of ether oxygens (including phenoxy) is 1. The maximum absolute atomic E-state index is 12.0. The minimum Gasteiger partial charge on any atom is -0.480 e. The molecule has 98 valence electrons. The van der Waals surface area contributed by atoms with Crippen LogP contribution in [0.1, 0.15) is 11.6 Å². The minimum atomic E-state index is -3.38. The molecule has 0 aliphatic carbocycles. The molecule has 1 aromatic carbocycles. The Hall–Kier alpha value is -1.44. The highest BCUT2D eigenvalue weighted by molar-refractivity contribution is 7.92. The van der Waals surface area contributed by atoms with E-state index >= 15 is 0 Å². The van der Waals surface area contributed by atoms with Gasteiger partial charge in [0.15, 0.2) is 9.84 Å². The molecule has 1 aliphatic heterocycles. The average Bonchev–Trinajstić information content (AvgIpc) is 2.25. The molecule has 0 amide bonds. The Bertz CT molecular complexity index is 547. The Morgan fingerprint density at radius 1 is 1.33 bits per heavy atom. The van der Waals surface area contributed by atoms with Crippen LogP contribution in [0, 0.1) is 0 Å². The number of hydrogen-bond acceptors (Lipinski definition) is 5. The van der Waals surface area contributed by atoms with Crippen molar-refractivity contribution in [1.29, 1.82) is 0 Å². The number of sulfone groups is 1. The first-order chi connectivity index (χ1) is 8.43. The Labute approximate surface area is 104 Å². The quantitative estimate of drug-likeness (QED) is 0.794. The summed E-state index contributed by atoms with van der Waals surface area (Å²) in [5.41, 5.74) is 5.79. The fraction of sp³-hybridized carbons (Fsp3) is 0.364. The lowest BCUT2D eigenvalue weighted by Crippen LogP contribution is -2.40. The van der Waals surface area contributed by atoms with Gasteiger partial charge in [-0.3, -0.25) is 4.79 Å². The molecule has 0 bridgehead atoms. The van der Waals surface area contributed by atoms with E-state index in [1.165, 1.54) is 24.3 Å². The van der Waals surface area contributed by atoms with E-state index in [4.69, 9.17) is 15.6 Å². The minimum absolute atomic E-state index is 0.164. The molecule has 0 saturated carbocycles. The summed E-state index contributed by atoms with van der Waals surface area (Å²) < 4.78 is 28.9. The second-order valence-corrected chi connectivity index (χ2v) is 6.32. The van der Waals surface area contributed by atoms with Crippen molar-refractivity contribution in [3.63, 3.8) is 0 Å². The van der Waals surface area contributed by atoms with Gasteiger partial charge >= 0.3 is 5.97 Å². The summed E-state index contributed by atoms with van der Waals surface area (Å²) in [5, 5.41) is 8.24. The molecule has 6 nitrogen and oxygen atoms in total. The number of benzene rings is 1. The van der Waals surface area contributed by atoms with E-state index in [0.717, 1.165) is 0 Å². The summed E-state index contributed by atoms with van der Waals surface area (Å²) in [7, 11) is -3.38. The maximum atomic E-state index is 12.0. The molecule has 1 aromatic rings. The molecule has 1 atom stereocenters. The van der Waals surface area contributed by atoms with E-state index in [9.17, 15) is 13.2 Å². The number of carboxylic acids is 1. The van der Waals surface area contributed by atoms with Gasteiger partial charge in [0.1, 0.15) is 11.3 Å². The van der Waals surface area contributed by atoms with Gasteiger partial charge in [0.25, 0.3) is 0 Å². The topological polar surface area (TPSA) is 107 Å². The van der Waals surface area contributed by atoms with E-state index in [2.05, 4.69) is 0 Å². The normalized spacial score (nSPS) is 18.1. The van der Waals surface area contributed by atoms with Crippen LogP contribution in [0.15, 0.2) is 29.2 Å². The zero-order chi connectivity index (χ0) is 13.3. The van der Waals surface area contributed by atoms with E-state index in [-0.39, 0.29) is 18.1 Å². The van der Waals surface area contributed by atoms with Gasteiger partial charge in [-0.15, -0.1) is 0 Å². The zero-order valence-corrected chi connectivity index (χ0v) is 10.3. The van der Waals surface area contributed by atoms with Crippen LogP contribution in [0.2, 0.25) is 0 Å². The molecular weight excluding hydrogens is 258 g/mol. The first-order valence-corrected chi connectivity index (χ1v) is 6.87. The lowest BCUT2D eigenvalue weighted by Gasteiger charge is -2.25.